The van der Waals surface area contributed by atoms with Crippen LogP contribution in [-0.2, 0) is 11.2 Å². The molecule has 2 unspecified atom stereocenters. The van der Waals surface area contributed by atoms with Crippen LogP contribution in [0.15, 0.2) is 60.7 Å². The van der Waals surface area contributed by atoms with Crippen LogP contribution in [0.4, 0.5) is 10.1 Å². The van der Waals surface area contributed by atoms with E-state index in [2.05, 4.69) is 5.32 Å². The molecule has 4 rings (SSSR count). The highest BCUT2D eigenvalue weighted by Gasteiger charge is 2.67. The molecule has 0 radical (unpaired) electrons. The zero-order valence-electron chi connectivity index (χ0n) is 17.7. The van der Waals surface area contributed by atoms with Crippen molar-refractivity contribution >= 4 is 63.8 Å². The number of amides is 1. The summed E-state index contributed by atoms with van der Waals surface area (Å²) in [5.74, 6) is -1.93. The lowest BCUT2D eigenvalue weighted by Gasteiger charge is -2.11. The van der Waals surface area contributed by atoms with Gasteiger partial charge in [0, 0.05) is 28.1 Å². The molecule has 4 nitrogen and oxygen atoms in total. The van der Waals surface area contributed by atoms with Gasteiger partial charge >= 0.3 is 0 Å². The Morgan fingerprint density at radius 3 is 2.26 bits per heavy atom. The maximum absolute atomic E-state index is 13.2. The number of anilines is 1. The first-order valence-electron chi connectivity index (χ1n) is 10.2. The number of rotatable bonds is 7. The molecule has 34 heavy (non-hydrogen) atoms. The number of Topliss-reactive ketones (excluding diaryl/α,β-unsaturated/α-hetero) is 1. The standard InChI is InChI=1S/C25H18Cl4FNO3/c1-34-21-7-6-18(12-19(21)20(32)8-13-2-4-17(30)5-3-13)31-24(33)23-22(25(23,28)29)14-9-15(26)11-16(27)10-14/h2-7,9-12,22-23H,8H2,1H3,(H,31,33). The van der Waals surface area contributed by atoms with E-state index in [1.165, 1.54) is 25.3 Å². The molecule has 1 fully saturated rings. The van der Waals surface area contributed by atoms with Crippen molar-refractivity contribution < 1.29 is 18.7 Å². The molecule has 0 spiro atoms. The number of ketones is 1. The first kappa shape index (κ1) is 24.8. The van der Waals surface area contributed by atoms with E-state index in [0.29, 0.717) is 32.6 Å². The van der Waals surface area contributed by atoms with E-state index in [1.54, 1.807) is 42.5 Å². The number of methoxy groups -OCH3 is 1. The second-order valence-electron chi connectivity index (χ2n) is 7.96. The lowest BCUT2D eigenvalue weighted by atomic mass is 10.0. The molecular formula is C25H18Cl4FNO3. The fraction of sp³-hybridized carbons (Fsp3) is 0.200. The molecule has 176 valence electrons. The van der Waals surface area contributed by atoms with E-state index >= 15 is 0 Å². The molecule has 3 aromatic rings. The Morgan fingerprint density at radius 2 is 1.65 bits per heavy atom. The predicted molar refractivity (Wildman–Crippen MR) is 133 cm³/mol. The summed E-state index contributed by atoms with van der Waals surface area (Å²) in [7, 11) is 1.45. The van der Waals surface area contributed by atoms with Crippen LogP contribution in [0.25, 0.3) is 0 Å². The maximum atomic E-state index is 13.2. The van der Waals surface area contributed by atoms with Crippen LogP contribution in [0.2, 0.25) is 10.0 Å². The van der Waals surface area contributed by atoms with Gasteiger partial charge in [0.15, 0.2) is 5.78 Å². The van der Waals surface area contributed by atoms with Gasteiger partial charge in [0.2, 0.25) is 5.91 Å². The SMILES string of the molecule is COc1ccc(NC(=O)C2C(c3cc(Cl)cc(Cl)c3)C2(Cl)Cl)cc1C(=O)Cc1ccc(F)cc1. The second-order valence-corrected chi connectivity index (χ2v) is 10.3. The third kappa shape index (κ3) is 5.18. The lowest BCUT2D eigenvalue weighted by molar-refractivity contribution is -0.117. The van der Waals surface area contributed by atoms with Crippen molar-refractivity contribution in [1.82, 2.24) is 0 Å². The molecular weight excluding hydrogens is 523 g/mol. The predicted octanol–water partition coefficient (Wildman–Crippen LogP) is 7.09. The van der Waals surface area contributed by atoms with Crippen LogP contribution in [0, 0.1) is 11.7 Å². The Morgan fingerprint density at radius 1 is 1.00 bits per heavy atom. The van der Waals surface area contributed by atoms with Crippen LogP contribution in [-0.4, -0.2) is 23.1 Å². The normalized spacial score (nSPS) is 18.3. The fourth-order valence-corrected chi connectivity index (χ4v) is 5.30. The molecule has 0 heterocycles. The van der Waals surface area contributed by atoms with Crippen molar-refractivity contribution in [3.8, 4) is 5.75 Å². The molecule has 1 aliphatic rings. The van der Waals surface area contributed by atoms with Crippen LogP contribution in [0.1, 0.15) is 27.4 Å². The molecule has 0 aliphatic heterocycles. The Labute approximate surface area is 215 Å². The third-order valence-electron chi connectivity index (χ3n) is 5.63. The number of ether oxygens (including phenoxy) is 1. The minimum Gasteiger partial charge on any atom is -0.496 e. The second kappa shape index (κ2) is 9.74. The van der Waals surface area contributed by atoms with Gasteiger partial charge in [0.25, 0.3) is 0 Å². The summed E-state index contributed by atoms with van der Waals surface area (Å²) in [4.78, 5) is 25.9. The number of hydrogen-bond acceptors (Lipinski definition) is 3. The van der Waals surface area contributed by atoms with E-state index in [0.717, 1.165) is 0 Å². The number of nitrogens with one attached hydrogen (secondary N) is 1. The molecule has 0 bridgehead atoms. The van der Waals surface area contributed by atoms with E-state index in [9.17, 15) is 14.0 Å². The highest BCUT2D eigenvalue weighted by atomic mass is 35.5. The van der Waals surface area contributed by atoms with Crippen molar-refractivity contribution in [2.24, 2.45) is 5.92 Å². The van der Waals surface area contributed by atoms with Gasteiger partial charge in [-0.25, -0.2) is 4.39 Å². The maximum Gasteiger partial charge on any atom is 0.231 e. The highest BCUT2D eigenvalue weighted by molar-refractivity contribution is 6.53. The van der Waals surface area contributed by atoms with E-state index in [-0.39, 0.29) is 23.6 Å². The molecule has 2 atom stereocenters. The Kier molecular flexibility index (Phi) is 7.11. The Balaban J connectivity index is 1.53. The zero-order valence-corrected chi connectivity index (χ0v) is 20.8. The monoisotopic (exact) mass is 539 g/mol. The van der Waals surface area contributed by atoms with E-state index in [1.807, 2.05) is 0 Å². The van der Waals surface area contributed by atoms with Gasteiger partial charge in [-0.2, -0.15) is 0 Å². The Bertz CT molecular complexity index is 1240. The van der Waals surface area contributed by atoms with Gasteiger partial charge in [-0.1, -0.05) is 35.3 Å². The quantitative estimate of drug-likeness (QED) is 0.257. The third-order valence-corrected chi connectivity index (χ3v) is 7.00. The van der Waals surface area contributed by atoms with Crippen LogP contribution in [0.3, 0.4) is 0 Å². The van der Waals surface area contributed by atoms with Gasteiger partial charge in [-0.3, -0.25) is 9.59 Å². The molecule has 1 amide bonds. The number of carbonyl (C=O) groups is 2. The summed E-state index contributed by atoms with van der Waals surface area (Å²) in [6.07, 6.45) is 0.0424. The van der Waals surface area contributed by atoms with Gasteiger partial charge in [0.05, 0.1) is 18.6 Å². The summed E-state index contributed by atoms with van der Waals surface area (Å²) in [5, 5.41) is 3.60. The largest absolute Gasteiger partial charge is 0.496 e. The summed E-state index contributed by atoms with van der Waals surface area (Å²) in [6, 6.07) is 15.3. The minimum absolute atomic E-state index is 0.0424. The number of carbonyl (C=O) groups excluding carboxylic acids is 2. The van der Waals surface area contributed by atoms with Gasteiger partial charge in [-0.15, -0.1) is 23.2 Å². The van der Waals surface area contributed by atoms with Crippen LogP contribution >= 0.6 is 46.4 Å². The fourth-order valence-electron chi connectivity index (χ4n) is 3.93. The van der Waals surface area contributed by atoms with E-state index < -0.39 is 22.1 Å². The smallest absolute Gasteiger partial charge is 0.231 e. The van der Waals surface area contributed by atoms with Crippen molar-refractivity contribution in [2.75, 3.05) is 12.4 Å². The van der Waals surface area contributed by atoms with Crippen molar-refractivity contribution in [1.29, 1.82) is 0 Å². The average molecular weight is 541 g/mol. The summed E-state index contributed by atoms with van der Waals surface area (Å²) < 4.78 is 17.1. The number of hydrogen-bond donors (Lipinski definition) is 1. The number of alkyl halides is 2. The minimum atomic E-state index is -1.33. The van der Waals surface area contributed by atoms with Gasteiger partial charge in [0.1, 0.15) is 15.9 Å². The van der Waals surface area contributed by atoms with Crippen molar-refractivity contribution in [2.45, 2.75) is 16.7 Å². The summed E-state index contributed by atoms with van der Waals surface area (Å²) >= 11 is 25.0. The van der Waals surface area contributed by atoms with E-state index in [4.69, 9.17) is 51.1 Å². The summed E-state index contributed by atoms with van der Waals surface area (Å²) in [5.41, 5.74) is 1.97. The first-order chi connectivity index (χ1) is 16.1. The van der Waals surface area contributed by atoms with Crippen LogP contribution < -0.4 is 10.1 Å². The van der Waals surface area contributed by atoms with Crippen LogP contribution in [0.5, 0.6) is 5.75 Å². The summed E-state index contributed by atoms with van der Waals surface area (Å²) in [6.45, 7) is 0. The van der Waals surface area contributed by atoms with Crippen molar-refractivity contribution in [3.05, 3.63) is 93.2 Å². The average Bonchev–Trinajstić information content (AvgIpc) is 3.36. The molecule has 1 aliphatic carbocycles. The zero-order chi connectivity index (χ0) is 24.6. The topological polar surface area (TPSA) is 55.4 Å². The molecule has 3 aromatic carbocycles. The molecule has 1 saturated carbocycles. The number of halogens is 5. The van der Waals surface area contributed by atoms with Crippen molar-refractivity contribution in [3.63, 3.8) is 0 Å². The lowest BCUT2D eigenvalue weighted by Crippen LogP contribution is -2.17. The van der Waals surface area contributed by atoms with Gasteiger partial charge in [-0.05, 0) is 59.7 Å². The molecule has 0 saturated heterocycles. The molecule has 1 N–H and O–H groups in total. The number of benzene rings is 3. The molecule has 0 aromatic heterocycles. The first-order valence-corrected chi connectivity index (χ1v) is 11.7. The van der Waals surface area contributed by atoms with Gasteiger partial charge < -0.3 is 10.1 Å². The highest BCUT2D eigenvalue weighted by Crippen LogP contribution is 2.65. The Hall–Kier alpha value is -2.31. The molecule has 9 heteroatoms.